The van der Waals surface area contributed by atoms with Crippen molar-refractivity contribution in [1.82, 2.24) is 4.98 Å². The van der Waals surface area contributed by atoms with Crippen LogP contribution in [0.3, 0.4) is 0 Å². The molecule has 1 heteroatoms. The SMILES string of the molecule is CCCCCCc1cc[c]cn1. The van der Waals surface area contributed by atoms with E-state index in [9.17, 15) is 0 Å². The van der Waals surface area contributed by atoms with Crippen LogP contribution in [-0.4, -0.2) is 4.98 Å². The van der Waals surface area contributed by atoms with Gasteiger partial charge in [0, 0.05) is 18.0 Å². The Bertz CT molecular complexity index is 193. The Hall–Kier alpha value is -0.850. The summed E-state index contributed by atoms with van der Waals surface area (Å²) < 4.78 is 0. The molecule has 1 aromatic heterocycles. The van der Waals surface area contributed by atoms with E-state index >= 15 is 0 Å². The predicted octanol–water partition coefficient (Wildman–Crippen LogP) is 3.00. The van der Waals surface area contributed by atoms with E-state index in [2.05, 4.69) is 18.0 Å². The molecule has 0 fully saturated rings. The molecule has 1 nitrogen and oxygen atoms in total. The van der Waals surface area contributed by atoms with Crippen LogP contribution in [0.15, 0.2) is 18.3 Å². The molecule has 65 valence electrons. The second-order valence-electron chi connectivity index (χ2n) is 3.06. The normalized spacial score (nSPS) is 10.1. The summed E-state index contributed by atoms with van der Waals surface area (Å²) in [4.78, 5) is 4.22. The number of pyridine rings is 1. The minimum Gasteiger partial charge on any atom is -0.261 e. The van der Waals surface area contributed by atoms with E-state index in [1.807, 2.05) is 12.1 Å². The molecule has 12 heavy (non-hydrogen) atoms. The summed E-state index contributed by atoms with van der Waals surface area (Å²) in [6, 6.07) is 6.90. The van der Waals surface area contributed by atoms with Gasteiger partial charge >= 0.3 is 0 Å². The van der Waals surface area contributed by atoms with Crippen LogP contribution < -0.4 is 0 Å². The van der Waals surface area contributed by atoms with Crippen LogP contribution >= 0.6 is 0 Å². The van der Waals surface area contributed by atoms with E-state index in [1.165, 1.54) is 31.4 Å². The van der Waals surface area contributed by atoms with Crippen LogP contribution in [0, 0.1) is 6.07 Å². The van der Waals surface area contributed by atoms with Crippen LogP contribution in [0.1, 0.15) is 38.3 Å². The average Bonchev–Trinajstić information content (AvgIpc) is 2.14. The number of aryl methyl sites for hydroxylation is 1. The van der Waals surface area contributed by atoms with Gasteiger partial charge in [-0.3, -0.25) is 4.98 Å². The highest BCUT2D eigenvalue weighted by Gasteiger charge is 1.92. The van der Waals surface area contributed by atoms with Crippen molar-refractivity contribution in [1.29, 1.82) is 0 Å². The van der Waals surface area contributed by atoms with Crippen LogP contribution in [0.4, 0.5) is 0 Å². The highest BCUT2D eigenvalue weighted by molar-refractivity contribution is 5.02. The second-order valence-corrected chi connectivity index (χ2v) is 3.06. The number of aromatic nitrogens is 1. The first-order chi connectivity index (χ1) is 5.93. The minimum absolute atomic E-state index is 1.12. The molecule has 0 saturated heterocycles. The largest absolute Gasteiger partial charge is 0.261 e. The maximum absolute atomic E-state index is 4.22. The number of nitrogens with zero attached hydrogens (tertiary/aromatic N) is 1. The zero-order chi connectivity index (χ0) is 8.65. The number of rotatable bonds is 5. The Labute approximate surface area is 74.8 Å². The molecule has 0 amide bonds. The molecule has 0 aliphatic heterocycles. The summed E-state index contributed by atoms with van der Waals surface area (Å²) in [5.74, 6) is 0. The van der Waals surface area contributed by atoms with Crippen LogP contribution in [0.5, 0.6) is 0 Å². The van der Waals surface area contributed by atoms with E-state index in [1.54, 1.807) is 6.20 Å². The molecule has 1 aromatic rings. The van der Waals surface area contributed by atoms with Crippen molar-refractivity contribution in [3.63, 3.8) is 0 Å². The maximum Gasteiger partial charge on any atom is 0.0404 e. The van der Waals surface area contributed by atoms with Gasteiger partial charge in [-0.15, -0.1) is 0 Å². The highest BCUT2D eigenvalue weighted by Crippen LogP contribution is 2.04. The van der Waals surface area contributed by atoms with Gasteiger partial charge in [0.25, 0.3) is 0 Å². The molecular weight excluding hydrogens is 146 g/mol. The molecule has 0 atom stereocenters. The Morgan fingerprint density at radius 1 is 1.33 bits per heavy atom. The van der Waals surface area contributed by atoms with Gasteiger partial charge in [-0.1, -0.05) is 32.3 Å². The van der Waals surface area contributed by atoms with Crippen LogP contribution in [0.2, 0.25) is 0 Å². The lowest BCUT2D eigenvalue weighted by atomic mass is 10.1. The quantitative estimate of drug-likeness (QED) is 0.606. The zero-order valence-electron chi connectivity index (χ0n) is 7.71. The molecule has 0 spiro atoms. The first kappa shape index (κ1) is 9.24. The molecule has 1 rings (SSSR count). The van der Waals surface area contributed by atoms with E-state index in [0.29, 0.717) is 0 Å². The topological polar surface area (TPSA) is 12.9 Å². The Balaban J connectivity index is 2.16. The fraction of sp³-hybridized carbons (Fsp3) is 0.545. The number of unbranched alkanes of at least 4 members (excludes halogenated alkanes) is 3. The Morgan fingerprint density at radius 2 is 2.25 bits per heavy atom. The summed E-state index contributed by atoms with van der Waals surface area (Å²) in [7, 11) is 0. The van der Waals surface area contributed by atoms with Gasteiger partial charge in [0.1, 0.15) is 0 Å². The van der Waals surface area contributed by atoms with Crippen LogP contribution in [0.25, 0.3) is 0 Å². The van der Waals surface area contributed by atoms with E-state index < -0.39 is 0 Å². The first-order valence-electron chi connectivity index (χ1n) is 4.74. The minimum atomic E-state index is 1.12. The summed E-state index contributed by atoms with van der Waals surface area (Å²) >= 11 is 0. The predicted molar refractivity (Wildman–Crippen MR) is 50.9 cm³/mol. The van der Waals surface area contributed by atoms with Crippen molar-refractivity contribution in [2.45, 2.75) is 39.0 Å². The van der Waals surface area contributed by atoms with Crippen molar-refractivity contribution >= 4 is 0 Å². The summed E-state index contributed by atoms with van der Waals surface area (Å²) in [5, 5.41) is 0. The van der Waals surface area contributed by atoms with Crippen molar-refractivity contribution in [2.24, 2.45) is 0 Å². The molecular formula is C11H16N. The van der Waals surface area contributed by atoms with Crippen molar-refractivity contribution in [3.8, 4) is 0 Å². The standard InChI is InChI=1S/C11H16N/c1-2-3-4-5-8-11-9-6-7-10-12-11/h6,9-10H,2-5,8H2,1H3. The van der Waals surface area contributed by atoms with Gasteiger partial charge in [-0.2, -0.15) is 0 Å². The van der Waals surface area contributed by atoms with Gasteiger partial charge in [0.2, 0.25) is 0 Å². The maximum atomic E-state index is 4.22. The fourth-order valence-electron chi connectivity index (χ4n) is 1.23. The lowest BCUT2D eigenvalue weighted by molar-refractivity contribution is 0.660. The van der Waals surface area contributed by atoms with Gasteiger partial charge in [-0.05, 0) is 18.9 Å². The number of hydrogen-bond donors (Lipinski definition) is 0. The molecule has 0 N–H and O–H groups in total. The summed E-state index contributed by atoms with van der Waals surface area (Å²) in [5.41, 5.74) is 1.20. The molecule has 0 aliphatic carbocycles. The van der Waals surface area contributed by atoms with E-state index in [-0.39, 0.29) is 0 Å². The van der Waals surface area contributed by atoms with Crippen molar-refractivity contribution in [3.05, 3.63) is 30.1 Å². The molecule has 0 aromatic carbocycles. The summed E-state index contributed by atoms with van der Waals surface area (Å²) in [6.45, 7) is 2.23. The average molecular weight is 162 g/mol. The second kappa shape index (κ2) is 5.76. The third kappa shape index (κ3) is 3.51. The number of hydrogen-bond acceptors (Lipinski definition) is 1. The molecule has 0 saturated carbocycles. The molecule has 0 unspecified atom stereocenters. The third-order valence-corrected chi connectivity index (χ3v) is 1.96. The third-order valence-electron chi connectivity index (χ3n) is 1.96. The summed E-state index contributed by atoms with van der Waals surface area (Å²) in [6.07, 6.45) is 8.11. The lowest BCUT2D eigenvalue weighted by Crippen LogP contribution is -1.88. The first-order valence-corrected chi connectivity index (χ1v) is 4.74. The molecule has 1 heterocycles. The smallest absolute Gasteiger partial charge is 0.0404 e. The lowest BCUT2D eigenvalue weighted by Gasteiger charge is -1.98. The van der Waals surface area contributed by atoms with Gasteiger partial charge < -0.3 is 0 Å². The van der Waals surface area contributed by atoms with E-state index in [0.717, 1.165) is 6.42 Å². The van der Waals surface area contributed by atoms with E-state index in [4.69, 9.17) is 0 Å². The van der Waals surface area contributed by atoms with Crippen molar-refractivity contribution < 1.29 is 0 Å². The molecule has 1 radical (unpaired) electrons. The Kier molecular flexibility index (Phi) is 4.43. The van der Waals surface area contributed by atoms with Gasteiger partial charge in [0.15, 0.2) is 0 Å². The Morgan fingerprint density at radius 3 is 2.92 bits per heavy atom. The molecule has 0 aliphatic rings. The monoisotopic (exact) mass is 162 g/mol. The van der Waals surface area contributed by atoms with Gasteiger partial charge in [0.05, 0.1) is 0 Å². The zero-order valence-corrected chi connectivity index (χ0v) is 7.71. The van der Waals surface area contributed by atoms with Crippen LogP contribution in [-0.2, 0) is 6.42 Å². The van der Waals surface area contributed by atoms with Gasteiger partial charge in [-0.25, -0.2) is 0 Å². The van der Waals surface area contributed by atoms with Crippen molar-refractivity contribution in [2.75, 3.05) is 0 Å². The highest BCUT2D eigenvalue weighted by atomic mass is 14.7. The fourth-order valence-corrected chi connectivity index (χ4v) is 1.23. The molecule has 0 bridgehead atoms.